The number of hydrogen-bond acceptors (Lipinski definition) is 0. The van der Waals surface area contributed by atoms with E-state index in [1.807, 2.05) is 0 Å². The standard InChI is InChI=1S/C11H24.C8H18.15CH4/c1-4-6-7-8-10-11(3)9-5-2;1-4-6-8(3)7-5-2;;;;;;;;;;;;;;;/h11H,4-10H2,1-3H3;8H,4-7H2,1-3H3;15*1H4. The molecule has 1 unspecified atom stereocenters. The minimum absolute atomic E-state index is 0. The van der Waals surface area contributed by atoms with Crippen LogP contribution in [-0.4, -0.2) is 0 Å². The average Bonchev–Trinajstić information content (AvgIpc) is 2.36. The Hall–Kier alpha value is 0. The summed E-state index contributed by atoms with van der Waals surface area (Å²) in [6.07, 6.45) is 15.4. The molecule has 0 N–H and O–H groups in total. The number of hydrogen-bond donors (Lipinski definition) is 0. The van der Waals surface area contributed by atoms with Crippen LogP contribution in [0.4, 0.5) is 0 Å². The molecule has 0 aromatic rings. The van der Waals surface area contributed by atoms with Gasteiger partial charge >= 0.3 is 0 Å². The minimum atomic E-state index is 0. The van der Waals surface area contributed by atoms with Gasteiger partial charge in [0.2, 0.25) is 0 Å². The summed E-state index contributed by atoms with van der Waals surface area (Å²) in [7, 11) is 0. The van der Waals surface area contributed by atoms with Gasteiger partial charge in [0.15, 0.2) is 0 Å². The molecule has 0 aromatic carbocycles. The molecule has 0 rings (SSSR count). The molecule has 0 heteroatoms. The summed E-state index contributed by atoms with van der Waals surface area (Å²) in [6.45, 7) is 13.8. The highest BCUT2D eigenvalue weighted by Gasteiger charge is 1.99. The van der Waals surface area contributed by atoms with Crippen LogP contribution in [-0.2, 0) is 0 Å². The third-order valence-electron chi connectivity index (χ3n) is 3.89. The lowest BCUT2D eigenvalue weighted by molar-refractivity contribution is 0.455. The Labute approximate surface area is 235 Å². The topological polar surface area (TPSA) is 0 Å². The molecule has 0 nitrogen and oxygen atoms in total. The fraction of sp³-hybridized carbons (Fsp3) is 1.00. The predicted molar refractivity (Wildman–Crippen MR) is 193 cm³/mol. The molecule has 0 saturated carbocycles. The van der Waals surface area contributed by atoms with Crippen LogP contribution >= 0.6 is 0 Å². The highest BCUT2D eigenvalue weighted by molar-refractivity contribution is 4.52. The number of unbranched alkanes of at least 4 members (excludes halogenated alkanes) is 3. The molecule has 1 atom stereocenters. The van der Waals surface area contributed by atoms with Crippen molar-refractivity contribution in [1.29, 1.82) is 0 Å². The second-order valence-electron chi connectivity index (χ2n) is 6.43. The molecular formula is C34H102. The fourth-order valence-corrected chi connectivity index (χ4v) is 2.69. The monoisotopic (exact) mass is 511 g/mol. The lowest BCUT2D eigenvalue weighted by Crippen LogP contribution is -1.93. The largest absolute Gasteiger partial charge is 0.0776 e. The van der Waals surface area contributed by atoms with E-state index in [4.69, 9.17) is 0 Å². The maximum atomic E-state index is 2.38. The molecule has 0 aliphatic heterocycles. The van der Waals surface area contributed by atoms with Crippen molar-refractivity contribution >= 4 is 0 Å². The van der Waals surface area contributed by atoms with E-state index in [0.717, 1.165) is 11.8 Å². The molecular weight excluding hydrogens is 408 g/mol. The van der Waals surface area contributed by atoms with E-state index >= 15 is 0 Å². The maximum absolute atomic E-state index is 2.38. The first-order valence-corrected chi connectivity index (χ1v) is 9.12. The molecule has 0 bridgehead atoms. The number of rotatable bonds is 11. The predicted octanol–water partition coefficient (Wildman–Crippen LogP) is 17.2. The molecule has 0 aliphatic carbocycles. The van der Waals surface area contributed by atoms with Gasteiger partial charge in [0.25, 0.3) is 0 Å². The fourth-order valence-electron chi connectivity index (χ4n) is 2.69. The summed E-state index contributed by atoms with van der Waals surface area (Å²) >= 11 is 0. The molecule has 0 amide bonds. The highest BCUT2D eigenvalue weighted by atomic mass is 14.0. The lowest BCUT2D eigenvalue weighted by atomic mass is 9.98. The van der Waals surface area contributed by atoms with Gasteiger partial charge in [-0.2, -0.15) is 0 Å². The Morgan fingerprint density at radius 2 is 0.529 bits per heavy atom. The van der Waals surface area contributed by atoms with E-state index in [2.05, 4.69) is 41.5 Å². The van der Waals surface area contributed by atoms with Crippen molar-refractivity contribution in [2.24, 2.45) is 11.8 Å². The van der Waals surface area contributed by atoms with Crippen LogP contribution in [0.3, 0.4) is 0 Å². The van der Waals surface area contributed by atoms with Gasteiger partial charge in [0.1, 0.15) is 0 Å². The van der Waals surface area contributed by atoms with Crippen LogP contribution in [0, 0.1) is 11.8 Å². The molecule has 0 aliphatic rings. The Balaban J connectivity index is -0.00000000798. The van der Waals surface area contributed by atoms with E-state index in [1.54, 1.807) is 0 Å². The lowest BCUT2D eigenvalue weighted by Gasteiger charge is -2.08. The Morgan fingerprint density at radius 3 is 0.735 bits per heavy atom. The van der Waals surface area contributed by atoms with Crippen molar-refractivity contribution in [3.63, 3.8) is 0 Å². The van der Waals surface area contributed by atoms with E-state index in [-0.39, 0.29) is 111 Å². The van der Waals surface area contributed by atoms with Gasteiger partial charge < -0.3 is 0 Å². The molecule has 34 heavy (non-hydrogen) atoms. The second-order valence-corrected chi connectivity index (χ2v) is 6.43. The van der Waals surface area contributed by atoms with Crippen molar-refractivity contribution in [3.05, 3.63) is 0 Å². The molecule has 238 valence electrons. The van der Waals surface area contributed by atoms with Gasteiger partial charge in [0.05, 0.1) is 0 Å². The first-order chi connectivity index (χ1) is 9.12. The Kier molecular flexibility index (Phi) is 441. The van der Waals surface area contributed by atoms with Gasteiger partial charge in [-0.1, -0.05) is 224 Å². The Bertz CT molecular complexity index is 133. The summed E-state index contributed by atoms with van der Waals surface area (Å²) in [5.74, 6) is 1.93. The molecule has 0 spiro atoms. The van der Waals surface area contributed by atoms with E-state index in [0.29, 0.717) is 0 Å². The van der Waals surface area contributed by atoms with Crippen molar-refractivity contribution < 1.29 is 0 Å². The van der Waals surface area contributed by atoms with Crippen molar-refractivity contribution in [3.8, 4) is 0 Å². The van der Waals surface area contributed by atoms with Gasteiger partial charge in [-0.15, -0.1) is 0 Å². The average molecular weight is 511 g/mol. The van der Waals surface area contributed by atoms with Crippen LogP contribution in [0.1, 0.15) is 224 Å². The van der Waals surface area contributed by atoms with Crippen LogP contribution < -0.4 is 0 Å². The van der Waals surface area contributed by atoms with Gasteiger partial charge in [-0.25, -0.2) is 0 Å². The van der Waals surface area contributed by atoms with Crippen LogP contribution in [0.15, 0.2) is 0 Å². The highest BCUT2D eigenvalue weighted by Crippen LogP contribution is 2.14. The van der Waals surface area contributed by atoms with E-state index in [1.165, 1.54) is 70.6 Å². The molecule has 0 saturated heterocycles. The van der Waals surface area contributed by atoms with E-state index < -0.39 is 0 Å². The zero-order chi connectivity index (χ0) is 14.9. The van der Waals surface area contributed by atoms with Gasteiger partial charge in [0, 0.05) is 0 Å². The Morgan fingerprint density at radius 1 is 0.294 bits per heavy atom. The van der Waals surface area contributed by atoms with Crippen molar-refractivity contribution in [1.82, 2.24) is 0 Å². The molecule has 0 heterocycles. The maximum Gasteiger partial charge on any atom is -0.0443 e. The summed E-state index contributed by atoms with van der Waals surface area (Å²) in [5.41, 5.74) is 0. The third-order valence-corrected chi connectivity index (χ3v) is 3.89. The smallest absolute Gasteiger partial charge is 0.0443 e. The summed E-state index contributed by atoms with van der Waals surface area (Å²) in [4.78, 5) is 0. The van der Waals surface area contributed by atoms with E-state index in [9.17, 15) is 0 Å². The van der Waals surface area contributed by atoms with Crippen LogP contribution in [0.2, 0.25) is 0 Å². The summed E-state index contributed by atoms with van der Waals surface area (Å²) < 4.78 is 0. The van der Waals surface area contributed by atoms with Crippen LogP contribution in [0.25, 0.3) is 0 Å². The minimum Gasteiger partial charge on any atom is -0.0776 e. The molecule has 0 fully saturated rings. The first-order valence-electron chi connectivity index (χ1n) is 9.12. The van der Waals surface area contributed by atoms with Crippen molar-refractivity contribution in [2.75, 3.05) is 0 Å². The third kappa shape index (κ3) is 137. The van der Waals surface area contributed by atoms with Gasteiger partial charge in [-0.05, 0) is 11.8 Å². The SMILES string of the molecule is C.C.C.C.C.C.C.C.C.C.C.C.C.C.C.CCCC(C)CCC.CCCCCCC(C)CCC. The quantitative estimate of drug-likeness (QED) is 0.242. The molecule has 0 aromatic heterocycles. The summed E-state index contributed by atoms with van der Waals surface area (Å²) in [6, 6.07) is 0. The first kappa shape index (κ1) is 128. The van der Waals surface area contributed by atoms with Crippen molar-refractivity contribution in [2.45, 2.75) is 224 Å². The van der Waals surface area contributed by atoms with Gasteiger partial charge in [-0.3, -0.25) is 0 Å². The zero-order valence-electron chi connectivity index (χ0n) is 14.9. The summed E-state index contributed by atoms with van der Waals surface area (Å²) in [5, 5.41) is 0. The second kappa shape index (κ2) is 117. The zero-order valence-corrected chi connectivity index (χ0v) is 14.9. The molecule has 0 radical (unpaired) electrons. The normalized spacial score (nSPS) is 6.79. The van der Waals surface area contributed by atoms with Crippen LogP contribution in [0.5, 0.6) is 0 Å².